The number of nitrogens with one attached hydrogen (secondary N) is 1. The van der Waals surface area contributed by atoms with Crippen molar-refractivity contribution in [3.63, 3.8) is 0 Å². The van der Waals surface area contributed by atoms with E-state index in [1.54, 1.807) is 30.5 Å². The molecular formula is C30H33ClN2O4. The van der Waals surface area contributed by atoms with Crippen LogP contribution in [0.2, 0.25) is 5.02 Å². The first kappa shape index (κ1) is 26.8. The molecule has 1 N–H and O–H groups in total. The molecule has 7 heteroatoms. The number of nitrogens with zero attached hydrogens (tertiary/aromatic N) is 1. The molecule has 0 amide bonds. The van der Waals surface area contributed by atoms with Crippen molar-refractivity contribution in [3.8, 4) is 22.6 Å². The van der Waals surface area contributed by atoms with E-state index >= 15 is 0 Å². The lowest BCUT2D eigenvalue weighted by atomic mass is 9.74. The predicted molar refractivity (Wildman–Crippen MR) is 146 cm³/mol. The molecule has 194 valence electrons. The Balaban J connectivity index is 1.52. The van der Waals surface area contributed by atoms with Crippen LogP contribution in [0.4, 0.5) is 0 Å². The monoisotopic (exact) mass is 520 g/mol. The average Bonchev–Trinajstić information content (AvgIpc) is 2.83. The molecule has 37 heavy (non-hydrogen) atoms. The number of esters is 1. The van der Waals surface area contributed by atoms with Crippen molar-refractivity contribution in [1.82, 2.24) is 10.3 Å². The third kappa shape index (κ3) is 6.56. The van der Waals surface area contributed by atoms with E-state index < -0.39 is 5.97 Å². The van der Waals surface area contributed by atoms with Crippen molar-refractivity contribution in [1.29, 1.82) is 0 Å². The van der Waals surface area contributed by atoms with E-state index in [-0.39, 0.29) is 16.9 Å². The fourth-order valence-corrected chi connectivity index (χ4v) is 5.76. The van der Waals surface area contributed by atoms with Crippen molar-refractivity contribution in [2.45, 2.75) is 58.0 Å². The standard InChI is InChI=1S/C30H33ClN2O4/c1-29(2)15-19(16-30(3,4)33-29)12-25(34)20-10-11-27(24(31)14-20)37-26-9-7-6-8-23(26)21-13-22(18-32-17-21)28(35)36-5/h6-11,13-14,17-19,33H,12,15-16H2,1-5H3. The number of para-hydroxylation sites is 1. The third-order valence-electron chi connectivity index (χ3n) is 6.58. The Bertz CT molecular complexity index is 1300. The van der Waals surface area contributed by atoms with Crippen LogP contribution in [0, 0.1) is 5.92 Å². The maximum Gasteiger partial charge on any atom is 0.339 e. The Kier molecular flexibility index (Phi) is 7.72. The number of Topliss-reactive ketones (excluding diaryl/α,β-unsaturated/α-hetero) is 1. The number of halogens is 1. The molecule has 1 aliphatic heterocycles. The van der Waals surface area contributed by atoms with Crippen LogP contribution in [-0.4, -0.2) is 34.9 Å². The largest absolute Gasteiger partial charge is 0.465 e. The Hall–Kier alpha value is -3.22. The van der Waals surface area contributed by atoms with Crippen LogP contribution >= 0.6 is 11.6 Å². The minimum Gasteiger partial charge on any atom is -0.465 e. The molecule has 6 nitrogen and oxygen atoms in total. The van der Waals surface area contributed by atoms with Crippen molar-refractivity contribution < 1.29 is 19.1 Å². The fraction of sp³-hybridized carbons (Fsp3) is 0.367. The summed E-state index contributed by atoms with van der Waals surface area (Å²) in [5.41, 5.74) is 2.34. The van der Waals surface area contributed by atoms with Crippen LogP contribution < -0.4 is 10.1 Å². The molecule has 1 fully saturated rings. The number of piperidine rings is 1. The molecule has 0 radical (unpaired) electrons. The fourth-order valence-electron chi connectivity index (χ4n) is 5.54. The van der Waals surface area contributed by atoms with Crippen LogP contribution in [0.5, 0.6) is 11.5 Å². The molecule has 0 bridgehead atoms. The van der Waals surface area contributed by atoms with Gasteiger partial charge in [-0.05, 0) is 76.8 Å². The zero-order valence-electron chi connectivity index (χ0n) is 21.9. The molecule has 1 aliphatic rings. The lowest BCUT2D eigenvalue weighted by molar-refractivity contribution is 0.0600. The van der Waals surface area contributed by atoms with Gasteiger partial charge in [0.25, 0.3) is 0 Å². The summed E-state index contributed by atoms with van der Waals surface area (Å²) in [6.07, 6.45) is 5.48. The van der Waals surface area contributed by atoms with Crippen LogP contribution in [-0.2, 0) is 4.74 Å². The van der Waals surface area contributed by atoms with Gasteiger partial charge in [0.15, 0.2) is 5.78 Å². The first-order chi connectivity index (χ1) is 17.5. The molecule has 0 spiro atoms. The van der Waals surface area contributed by atoms with Gasteiger partial charge < -0.3 is 14.8 Å². The van der Waals surface area contributed by atoms with Crippen molar-refractivity contribution in [2.75, 3.05) is 7.11 Å². The van der Waals surface area contributed by atoms with Crippen molar-refractivity contribution in [2.24, 2.45) is 5.92 Å². The quantitative estimate of drug-likeness (QED) is 0.264. The van der Waals surface area contributed by atoms with Gasteiger partial charge >= 0.3 is 5.97 Å². The SMILES string of the molecule is COC(=O)c1cncc(-c2ccccc2Oc2ccc(C(=O)CC3CC(C)(C)NC(C)(C)C3)cc2Cl)c1. The summed E-state index contributed by atoms with van der Waals surface area (Å²) in [4.78, 5) is 29.3. The summed E-state index contributed by atoms with van der Waals surface area (Å²) in [5.74, 6) is 0.902. The number of aromatic nitrogens is 1. The molecule has 0 atom stereocenters. The van der Waals surface area contributed by atoms with Gasteiger partial charge in [-0.3, -0.25) is 9.78 Å². The Morgan fingerprint density at radius 2 is 1.68 bits per heavy atom. The lowest BCUT2D eigenvalue weighted by Crippen LogP contribution is -2.57. The van der Waals surface area contributed by atoms with Gasteiger partial charge in [0.05, 0.1) is 17.7 Å². The highest BCUT2D eigenvalue weighted by Crippen LogP contribution is 2.38. The number of rotatable bonds is 7. The molecule has 1 saturated heterocycles. The van der Waals surface area contributed by atoms with Crippen molar-refractivity contribution in [3.05, 3.63) is 77.1 Å². The second-order valence-electron chi connectivity index (χ2n) is 11.0. The van der Waals surface area contributed by atoms with E-state index in [9.17, 15) is 9.59 Å². The van der Waals surface area contributed by atoms with E-state index in [1.807, 2.05) is 24.3 Å². The number of ketones is 1. The number of benzene rings is 2. The molecule has 3 aromatic rings. The van der Waals surface area contributed by atoms with Gasteiger partial charge in [-0.25, -0.2) is 4.79 Å². The Labute approximate surface area is 223 Å². The number of hydrogen-bond donors (Lipinski definition) is 1. The normalized spacial score (nSPS) is 16.7. The molecule has 1 aromatic heterocycles. The third-order valence-corrected chi connectivity index (χ3v) is 6.88. The van der Waals surface area contributed by atoms with E-state index in [0.29, 0.717) is 45.6 Å². The van der Waals surface area contributed by atoms with Crippen LogP contribution in [0.25, 0.3) is 11.1 Å². The number of pyridine rings is 1. The summed E-state index contributed by atoms with van der Waals surface area (Å²) in [7, 11) is 1.33. The second kappa shape index (κ2) is 10.6. The van der Waals surface area contributed by atoms with Gasteiger partial charge in [0.1, 0.15) is 11.5 Å². The topological polar surface area (TPSA) is 77.5 Å². The maximum atomic E-state index is 13.1. The first-order valence-corrected chi connectivity index (χ1v) is 12.8. The number of carbonyl (C=O) groups is 2. The summed E-state index contributed by atoms with van der Waals surface area (Å²) >= 11 is 6.58. The number of carbonyl (C=O) groups excluding carboxylic acids is 2. The first-order valence-electron chi connectivity index (χ1n) is 12.4. The smallest absolute Gasteiger partial charge is 0.339 e. The number of hydrogen-bond acceptors (Lipinski definition) is 6. The Morgan fingerprint density at radius 3 is 2.35 bits per heavy atom. The molecule has 0 unspecified atom stereocenters. The van der Waals surface area contributed by atoms with E-state index in [4.69, 9.17) is 21.1 Å². The highest BCUT2D eigenvalue weighted by atomic mass is 35.5. The number of ether oxygens (including phenoxy) is 2. The summed E-state index contributed by atoms with van der Waals surface area (Å²) in [6, 6.07) is 14.3. The van der Waals surface area contributed by atoms with Gasteiger partial charge in [-0.1, -0.05) is 29.8 Å². The van der Waals surface area contributed by atoms with Gasteiger partial charge in [-0.2, -0.15) is 0 Å². The zero-order chi connectivity index (χ0) is 26.8. The zero-order valence-corrected chi connectivity index (χ0v) is 22.7. The minimum atomic E-state index is -0.465. The molecule has 2 aromatic carbocycles. The molecule has 0 saturated carbocycles. The van der Waals surface area contributed by atoms with E-state index in [2.05, 4.69) is 38.0 Å². The van der Waals surface area contributed by atoms with Gasteiger partial charge in [0, 0.05) is 46.6 Å². The molecule has 4 rings (SSSR count). The number of methoxy groups -OCH3 is 1. The summed E-state index contributed by atoms with van der Waals surface area (Å²) in [5, 5.41) is 4.02. The van der Waals surface area contributed by atoms with Crippen LogP contribution in [0.15, 0.2) is 60.9 Å². The second-order valence-corrected chi connectivity index (χ2v) is 11.4. The minimum absolute atomic E-state index is 0.0126. The van der Waals surface area contributed by atoms with E-state index in [1.165, 1.54) is 13.3 Å². The van der Waals surface area contributed by atoms with Gasteiger partial charge in [0.2, 0.25) is 0 Å². The van der Waals surface area contributed by atoms with Crippen LogP contribution in [0.3, 0.4) is 0 Å². The highest BCUT2D eigenvalue weighted by Gasteiger charge is 2.38. The average molecular weight is 521 g/mol. The van der Waals surface area contributed by atoms with Crippen molar-refractivity contribution >= 4 is 23.4 Å². The lowest BCUT2D eigenvalue weighted by Gasteiger charge is -2.46. The maximum absolute atomic E-state index is 13.1. The van der Waals surface area contributed by atoms with Gasteiger partial charge in [-0.15, -0.1) is 0 Å². The highest BCUT2D eigenvalue weighted by molar-refractivity contribution is 6.32. The molecule has 0 aliphatic carbocycles. The van der Waals surface area contributed by atoms with E-state index in [0.717, 1.165) is 18.4 Å². The predicted octanol–water partition coefficient (Wildman–Crippen LogP) is 7.11. The molecular weight excluding hydrogens is 488 g/mol. The van der Waals surface area contributed by atoms with Crippen LogP contribution in [0.1, 0.15) is 67.7 Å². The molecule has 2 heterocycles. The summed E-state index contributed by atoms with van der Waals surface area (Å²) < 4.78 is 11.0. The summed E-state index contributed by atoms with van der Waals surface area (Å²) in [6.45, 7) is 8.75. The Morgan fingerprint density at radius 1 is 0.973 bits per heavy atom.